The van der Waals surface area contributed by atoms with Gasteiger partial charge < -0.3 is 10.2 Å². The van der Waals surface area contributed by atoms with Crippen LogP contribution in [0, 0.1) is 0 Å². The zero-order valence-electron chi connectivity index (χ0n) is 12.1. The predicted octanol–water partition coefficient (Wildman–Crippen LogP) is 4.72. The summed E-state index contributed by atoms with van der Waals surface area (Å²) in [4.78, 5) is 2.23. The van der Waals surface area contributed by atoms with Crippen molar-refractivity contribution in [1.29, 1.82) is 0 Å². The van der Waals surface area contributed by atoms with Crippen LogP contribution in [-0.4, -0.2) is 13.6 Å². The van der Waals surface area contributed by atoms with E-state index < -0.39 is 0 Å². The maximum atomic E-state index is 3.57. The van der Waals surface area contributed by atoms with E-state index in [1.807, 2.05) is 6.07 Å². The SMILES string of the molecule is CCCNCc1ccc(Br)cc1N(C)c1ccccc1. The molecule has 0 saturated carbocycles. The summed E-state index contributed by atoms with van der Waals surface area (Å²) < 4.78 is 1.11. The Labute approximate surface area is 129 Å². The Morgan fingerprint density at radius 3 is 2.55 bits per heavy atom. The fourth-order valence-corrected chi connectivity index (χ4v) is 2.54. The van der Waals surface area contributed by atoms with Gasteiger partial charge in [-0.05, 0) is 42.8 Å². The van der Waals surface area contributed by atoms with E-state index in [2.05, 4.69) is 82.6 Å². The van der Waals surface area contributed by atoms with Gasteiger partial charge in [0.1, 0.15) is 0 Å². The molecule has 2 aromatic carbocycles. The van der Waals surface area contributed by atoms with Gasteiger partial charge >= 0.3 is 0 Å². The lowest BCUT2D eigenvalue weighted by atomic mass is 10.1. The maximum absolute atomic E-state index is 3.57. The molecule has 2 nitrogen and oxygen atoms in total. The zero-order valence-corrected chi connectivity index (χ0v) is 13.7. The highest BCUT2D eigenvalue weighted by Gasteiger charge is 2.09. The molecule has 0 aliphatic carbocycles. The van der Waals surface area contributed by atoms with E-state index in [1.165, 1.54) is 16.9 Å². The first-order chi connectivity index (χ1) is 9.72. The van der Waals surface area contributed by atoms with Crippen LogP contribution in [0.2, 0.25) is 0 Å². The third-order valence-electron chi connectivity index (χ3n) is 3.29. The highest BCUT2D eigenvalue weighted by atomic mass is 79.9. The smallest absolute Gasteiger partial charge is 0.0465 e. The molecule has 0 fully saturated rings. The molecule has 20 heavy (non-hydrogen) atoms. The number of hydrogen-bond donors (Lipinski definition) is 1. The fourth-order valence-electron chi connectivity index (χ4n) is 2.19. The Morgan fingerprint density at radius 1 is 1.10 bits per heavy atom. The van der Waals surface area contributed by atoms with Gasteiger partial charge in [0.15, 0.2) is 0 Å². The molecule has 0 spiro atoms. The van der Waals surface area contributed by atoms with E-state index in [0.29, 0.717) is 0 Å². The van der Waals surface area contributed by atoms with E-state index in [9.17, 15) is 0 Å². The molecule has 0 atom stereocenters. The Hall–Kier alpha value is -1.32. The molecule has 0 saturated heterocycles. The van der Waals surface area contributed by atoms with E-state index in [0.717, 1.165) is 24.0 Å². The second-order valence-corrected chi connectivity index (χ2v) is 5.76. The number of rotatable bonds is 6. The van der Waals surface area contributed by atoms with Gasteiger partial charge in [0.2, 0.25) is 0 Å². The Kier molecular flexibility index (Phi) is 5.62. The minimum atomic E-state index is 0.896. The first kappa shape index (κ1) is 15.1. The Balaban J connectivity index is 2.26. The van der Waals surface area contributed by atoms with Crippen molar-refractivity contribution in [2.24, 2.45) is 0 Å². The van der Waals surface area contributed by atoms with E-state index in [4.69, 9.17) is 0 Å². The summed E-state index contributed by atoms with van der Waals surface area (Å²) in [6, 6.07) is 16.9. The molecule has 0 heterocycles. The second kappa shape index (κ2) is 7.46. The zero-order chi connectivity index (χ0) is 14.4. The summed E-state index contributed by atoms with van der Waals surface area (Å²) in [5.74, 6) is 0. The van der Waals surface area contributed by atoms with Crippen LogP contribution in [-0.2, 0) is 6.54 Å². The van der Waals surface area contributed by atoms with Crippen LogP contribution in [0.3, 0.4) is 0 Å². The van der Waals surface area contributed by atoms with Gasteiger partial charge in [0.05, 0.1) is 0 Å². The lowest BCUT2D eigenvalue weighted by Crippen LogP contribution is -2.18. The van der Waals surface area contributed by atoms with E-state index in [-0.39, 0.29) is 0 Å². The molecule has 0 aliphatic rings. The summed E-state index contributed by atoms with van der Waals surface area (Å²) in [6.07, 6.45) is 1.15. The summed E-state index contributed by atoms with van der Waals surface area (Å²) in [6.45, 7) is 4.13. The van der Waals surface area contributed by atoms with Crippen molar-refractivity contribution >= 4 is 27.3 Å². The lowest BCUT2D eigenvalue weighted by Gasteiger charge is -2.23. The van der Waals surface area contributed by atoms with Gasteiger partial charge in [-0.15, -0.1) is 0 Å². The predicted molar refractivity (Wildman–Crippen MR) is 90.6 cm³/mol. The number of anilines is 2. The third kappa shape index (κ3) is 3.84. The molecule has 106 valence electrons. The maximum Gasteiger partial charge on any atom is 0.0465 e. The van der Waals surface area contributed by atoms with E-state index in [1.54, 1.807) is 0 Å². The molecule has 0 aliphatic heterocycles. The molecule has 3 heteroatoms. The van der Waals surface area contributed by atoms with Crippen LogP contribution in [0.4, 0.5) is 11.4 Å². The largest absolute Gasteiger partial charge is 0.344 e. The molecule has 2 aromatic rings. The summed E-state index contributed by atoms with van der Waals surface area (Å²) >= 11 is 3.57. The van der Waals surface area contributed by atoms with Gasteiger partial charge in [-0.1, -0.05) is 47.1 Å². The van der Waals surface area contributed by atoms with Crippen molar-refractivity contribution in [1.82, 2.24) is 5.32 Å². The van der Waals surface area contributed by atoms with E-state index >= 15 is 0 Å². The van der Waals surface area contributed by atoms with Crippen LogP contribution in [0.15, 0.2) is 53.0 Å². The van der Waals surface area contributed by atoms with Crippen molar-refractivity contribution in [3.8, 4) is 0 Å². The molecule has 2 rings (SSSR count). The molecule has 1 N–H and O–H groups in total. The van der Waals surface area contributed by atoms with Gasteiger partial charge in [0.25, 0.3) is 0 Å². The molecular weight excluding hydrogens is 312 g/mol. The average molecular weight is 333 g/mol. The normalized spacial score (nSPS) is 10.6. The van der Waals surface area contributed by atoms with Crippen LogP contribution in [0.25, 0.3) is 0 Å². The highest BCUT2D eigenvalue weighted by Crippen LogP contribution is 2.29. The second-order valence-electron chi connectivity index (χ2n) is 4.84. The Bertz CT molecular complexity index is 540. The lowest BCUT2D eigenvalue weighted by molar-refractivity contribution is 0.675. The minimum absolute atomic E-state index is 0.896. The Morgan fingerprint density at radius 2 is 1.85 bits per heavy atom. The van der Waals surface area contributed by atoms with Crippen LogP contribution in [0.5, 0.6) is 0 Å². The molecule has 0 amide bonds. The number of hydrogen-bond acceptors (Lipinski definition) is 2. The minimum Gasteiger partial charge on any atom is -0.344 e. The summed E-state index contributed by atoms with van der Waals surface area (Å²) in [7, 11) is 2.11. The van der Waals surface area contributed by atoms with Crippen molar-refractivity contribution in [2.45, 2.75) is 19.9 Å². The summed E-state index contributed by atoms with van der Waals surface area (Å²) in [5.41, 5.74) is 3.74. The first-order valence-electron chi connectivity index (χ1n) is 7.00. The quantitative estimate of drug-likeness (QED) is 0.770. The van der Waals surface area contributed by atoms with Crippen LogP contribution >= 0.6 is 15.9 Å². The monoisotopic (exact) mass is 332 g/mol. The van der Waals surface area contributed by atoms with Gasteiger partial charge in [0, 0.05) is 29.4 Å². The molecule has 0 aromatic heterocycles. The highest BCUT2D eigenvalue weighted by molar-refractivity contribution is 9.10. The fraction of sp³-hybridized carbons (Fsp3) is 0.294. The standard InChI is InChI=1S/C17H21BrN2/c1-3-11-19-13-14-9-10-15(18)12-17(14)20(2)16-7-5-4-6-8-16/h4-10,12,19H,3,11,13H2,1-2H3. The number of para-hydroxylation sites is 1. The van der Waals surface area contributed by atoms with Crippen molar-refractivity contribution in [2.75, 3.05) is 18.5 Å². The average Bonchev–Trinajstić information content (AvgIpc) is 2.49. The summed E-state index contributed by atoms with van der Waals surface area (Å²) in [5, 5.41) is 3.48. The molecule has 0 unspecified atom stereocenters. The van der Waals surface area contributed by atoms with Crippen molar-refractivity contribution in [3.63, 3.8) is 0 Å². The third-order valence-corrected chi connectivity index (χ3v) is 3.79. The topological polar surface area (TPSA) is 15.3 Å². The first-order valence-corrected chi connectivity index (χ1v) is 7.79. The molecule has 0 bridgehead atoms. The number of benzene rings is 2. The number of nitrogens with zero attached hydrogens (tertiary/aromatic N) is 1. The molecular formula is C17H21BrN2. The molecule has 0 radical (unpaired) electrons. The van der Waals surface area contributed by atoms with Gasteiger partial charge in [-0.25, -0.2) is 0 Å². The van der Waals surface area contributed by atoms with Crippen molar-refractivity contribution < 1.29 is 0 Å². The van der Waals surface area contributed by atoms with Gasteiger partial charge in [-0.3, -0.25) is 0 Å². The van der Waals surface area contributed by atoms with Crippen molar-refractivity contribution in [3.05, 3.63) is 58.6 Å². The van der Waals surface area contributed by atoms with Gasteiger partial charge in [-0.2, -0.15) is 0 Å². The van der Waals surface area contributed by atoms with Crippen LogP contribution in [0.1, 0.15) is 18.9 Å². The van der Waals surface area contributed by atoms with Crippen LogP contribution < -0.4 is 10.2 Å². The number of halogens is 1. The number of nitrogens with one attached hydrogen (secondary N) is 1.